The number of rotatable bonds is 3. The van der Waals surface area contributed by atoms with Crippen molar-refractivity contribution in [1.82, 2.24) is 4.98 Å². The zero-order valence-electron chi connectivity index (χ0n) is 8.77. The van der Waals surface area contributed by atoms with Crippen molar-refractivity contribution in [3.63, 3.8) is 0 Å². The number of hydrogen-bond donors (Lipinski definition) is 1. The molecule has 0 saturated heterocycles. The minimum absolute atomic E-state index is 0.0110. The third kappa shape index (κ3) is 3.06. The summed E-state index contributed by atoms with van der Waals surface area (Å²) in [5.41, 5.74) is 0.663. The van der Waals surface area contributed by atoms with Gasteiger partial charge in [0.25, 0.3) is 0 Å². The van der Waals surface area contributed by atoms with Crippen molar-refractivity contribution in [2.75, 3.05) is 5.32 Å². The Morgan fingerprint density at radius 2 is 2.07 bits per heavy atom. The number of nitriles is 1. The topological polar surface area (TPSA) is 65.8 Å². The van der Waals surface area contributed by atoms with Crippen LogP contribution in [0, 0.1) is 23.2 Å². The fourth-order valence-electron chi connectivity index (χ4n) is 1.17. The normalized spacial score (nSPS) is 11.9. The molecule has 0 spiro atoms. The Labute approximate surface area is 88.9 Å². The van der Waals surface area contributed by atoms with E-state index < -0.39 is 5.92 Å². The molecule has 1 heterocycles. The average molecular weight is 203 g/mol. The van der Waals surface area contributed by atoms with Gasteiger partial charge in [-0.2, -0.15) is 5.26 Å². The minimum atomic E-state index is -0.613. The number of carbonyl (C=O) groups excluding carboxylic acids is 1. The summed E-state index contributed by atoms with van der Waals surface area (Å²) in [6.45, 7) is 3.69. The third-order valence-corrected chi connectivity index (χ3v) is 2.04. The maximum absolute atomic E-state index is 11.6. The van der Waals surface area contributed by atoms with Gasteiger partial charge >= 0.3 is 0 Å². The molecule has 1 N–H and O–H groups in total. The molecule has 0 aliphatic heterocycles. The number of anilines is 1. The molecule has 0 aliphatic rings. The molecule has 0 fully saturated rings. The SMILES string of the molecule is CC(C)C(C#N)C(=O)Nc1ccncc1. The van der Waals surface area contributed by atoms with Gasteiger partial charge in [-0.15, -0.1) is 0 Å². The van der Waals surface area contributed by atoms with E-state index in [1.165, 1.54) is 0 Å². The van der Waals surface area contributed by atoms with Gasteiger partial charge in [0, 0.05) is 18.1 Å². The highest BCUT2D eigenvalue weighted by atomic mass is 16.1. The molecule has 4 nitrogen and oxygen atoms in total. The summed E-state index contributed by atoms with van der Waals surface area (Å²) >= 11 is 0. The molecule has 4 heteroatoms. The van der Waals surface area contributed by atoms with E-state index in [0.29, 0.717) is 5.69 Å². The smallest absolute Gasteiger partial charge is 0.241 e. The fraction of sp³-hybridized carbons (Fsp3) is 0.364. The molecule has 0 aromatic carbocycles. The standard InChI is InChI=1S/C11H13N3O/c1-8(2)10(7-12)11(15)14-9-3-5-13-6-4-9/h3-6,8,10H,1-2H3,(H,13,14,15). The molecular weight excluding hydrogens is 190 g/mol. The highest BCUT2D eigenvalue weighted by Crippen LogP contribution is 2.13. The first-order chi connectivity index (χ1) is 7.15. The van der Waals surface area contributed by atoms with E-state index >= 15 is 0 Å². The monoisotopic (exact) mass is 203 g/mol. The minimum Gasteiger partial charge on any atom is -0.325 e. The van der Waals surface area contributed by atoms with Gasteiger partial charge in [0.2, 0.25) is 5.91 Å². The Hall–Kier alpha value is -1.89. The molecule has 0 radical (unpaired) electrons. The van der Waals surface area contributed by atoms with E-state index in [9.17, 15) is 4.79 Å². The van der Waals surface area contributed by atoms with Gasteiger partial charge in [0.05, 0.1) is 6.07 Å². The van der Waals surface area contributed by atoms with Crippen LogP contribution in [0.4, 0.5) is 5.69 Å². The highest BCUT2D eigenvalue weighted by molar-refractivity contribution is 5.94. The van der Waals surface area contributed by atoms with Gasteiger partial charge < -0.3 is 5.32 Å². The van der Waals surface area contributed by atoms with Crippen LogP contribution in [0.2, 0.25) is 0 Å². The van der Waals surface area contributed by atoms with Gasteiger partial charge in [0.1, 0.15) is 5.92 Å². The number of amides is 1. The van der Waals surface area contributed by atoms with Crippen molar-refractivity contribution in [2.24, 2.45) is 11.8 Å². The summed E-state index contributed by atoms with van der Waals surface area (Å²) in [5.74, 6) is -0.867. The lowest BCUT2D eigenvalue weighted by molar-refractivity contribution is -0.119. The maximum atomic E-state index is 11.6. The third-order valence-electron chi connectivity index (χ3n) is 2.04. The second kappa shape index (κ2) is 5.11. The van der Waals surface area contributed by atoms with Gasteiger partial charge in [-0.05, 0) is 18.1 Å². The van der Waals surface area contributed by atoms with Crippen LogP contribution < -0.4 is 5.32 Å². The van der Waals surface area contributed by atoms with Crippen LogP contribution in [-0.4, -0.2) is 10.9 Å². The van der Waals surface area contributed by atoms with Crippen molar-refractivity contribution in [1.29, 1.82) is 5.26 Å². The van der Waals surface area contributed by atoms with Gasteiger partial charge in [-0.1, -0.05) is 13.8 Å². The van der Waals surface area contributed by atoms with Crippen LogP contribution in [0.5, 0.6) is 0 Å². The van der Waals surface area contributed by atoms with Gasteiger partial charge in [0.15, 0.2) is 0 Å². The number of nitrogens with one attached hydrogen (secondary N) is 1. The Kier molecular flexibility index (Phi) is 3.81. The molecular formula is C11H13N3O. The molecule has 1 amide bonds. The molecule has 1 atom stereocenters. The predicted octanol–water partition coefficient (Wildman–Crippen LogP) is 1.82. The summed E-state index contributed by atoms with van der Waals surface area (Å²) in [5, 5.41) is 11.5. The quantitative estimate of drug-likeness (QED) is 0.814. The summed E-state index contributed by atoms with van der Waals surface area (Å²) in [6.07, 6.45) is 3.18. The van der Waals surface area contributed by atoms with E-state index in [-0.39, 0.29) is 11.8 Å². The molecule has 15 heavy (non-hydrogen) atoms. The first-order valence-corrected chi connectivity index (χ1v) is 4.75. The highest BCUT2D eigenvalue weighted by Gasteiger charge is 2.21. The molecule has 78 valence electrons. The predicted molar refractivity (Wildman–Crippen MR) is 56.8 cm³/mol. The van der Waals surface area contributed by atoms with E-state index in [1.807, 2.05) is 19.9 Å². The fourth-order valence-corrected chi connectivity index (χ4v) is 1.17. The largest absolute Gasteiger partial charge is 0.325 e. The summed E-state index contributed by atoms with van der Waals surface area (Å²) < 4.78 is 0. The van der Waals surface area contributed by atoms with Crippen LogP contribution in [0.3, 0.4) is 0 Å². The number of carbonyl (C=O) groups is 1. The van der Waals surface area contributed by atoms with E-state index in [0.717, 1.165) is 0 Å². The molecule has 0 saturated carbocycles. The number of pyridine rings is 1. The van der Waals surface area contributed by atoms with Crippen LogP contribution in [0.25, 0.3) is 0 Å². The van der Waals surface area contributed by atoms with Crippen molar-refractivity contribution < 1.29 is 4.79 Å². The van der Waals surface area contributed by atoms with Crippen molar-refractivity contribution in [3.8, 4) is 6.07 Å². The van der Waals surface area contributed by atoms with Crippen molar-refractivity contribution in [3.05, 3.63) is 24.5 Å². The number of aromatic nitrogens is 1. The Morgan fingerprint density at radius 1 is 1.47 bits per heavy atom. The summed E-state index contributed by atoms with van der Waals surface area (Å²) in [7, 11) is 0. The van der Waals surface area contributed by atoms with E-state index in [2.05, 4.69) is 10.3 Å². The Balaban J connectivity index is 2.68. The lowest BCUT2D eigenvalue weighted by atomic mass is 9.96. The van der Waals surface area contributed by atoms with Crippen LogP contribution in [0.1, 0.15) is 13.8 Å². The average Bonchev–Trinajstić information content (AvgIpc) is 2.19. The molecule has 0 aliphatic carbocycles. The lowest BCUT2D eigenvalue weighted by Crippen LogP contribution is -2.25. The first kappa shape index (κ1) is 11.2. The van der Waals surface area contributed by atoms with E-state index in [1.54, 1.807) is 24.5 Å². The zero-order chi connectivity index (χ0) is 11.3. The van der Waals surface area contributed by atoms with Crippen LogP contribution in [-0.2, 0) is 4.79 Å². The maximum Gasteiger partial charge on any atom is 0.241 e. The summed E-state index contributed by atoms with van der Waals surface area (Å²) in [6, 6.07) is 5.37. The second-order valence-electron chi connectivity index (χ2n) is 3.58. The molecule has 0 bridgehead atoms. The summed E-state index contributed by atoms with van der Waals surface area (Å²) in [4.78, 5) is 15.5. The molecule has 1 rings (SSSR count). The van der Waals surface area contributed by atoms with Crippen LogP contribution >= 0.6 is 0 Å². The van der Waals surface area contributed by atoms with Crippen molar-refractivity contribution in [2.45, 2.75) is 13.8 Å². The lowest BCUT2D eigenvalue weighted by Gasteiger charge is -2.12. The number of nitrogens with zero attached hydrogens (tertiary/aromatic N) is 2. The van der Waals surface area contributed by atoms with E-state index in [4.69, 9.17) is 5.26 Å². The Bertz CT molecular complexity index is 367. The van der Waals surface area contributed by atoms with Crippen LogP contribution in [0.15, 0.2) is 24.5 Å². The second-order valence-corrected chi connectivity index (χ2v) is 3.58. The molecule has 1 aromatic rings. The van der Waals surface area contributed by atoms with Crippen molar-refractivity contribution >= 4 is 11.6 Å². The van der Waals surface area contributed by atoms with Gasteiger partial charge in [-0.25, -0.2) is 0 Å². The number of hydrogen-bond acceptors (Lipinski definition) is 3. The van der Waals surface area contributed by atoms with Gasteiger partial charge in [-0.3, -0.25) is 9.78 Å². The molecule has 1 aromatic heterocycles. The Morgan fingerprint density at radius 3 is 2.53 bits per heavy atom. The molecule has 1 unspecified atom stereocenters. The first-order valence-electron chi connectivity index (χ1n) is 4.75. The zero-order valence-corrected chi connectivity index (χ0v) is 8.77.